The summed E-state index contributed by atoms with van der Waals surface area (Å²) in [5.74, 6) is 0.340. The minimum Gasteiger partial charge on any atom is -0.346 e. The molecule has 21 heavy (non-hydrogen) atoms. The lowest BCUT2D eigenvalue weighted by Gasteiger charge is -2.14. The van der Waals surface area contributed by atoms with Crippen LogP contribution in [0.2, 0.25) is 5.02 Å². The van der Waals surface area contributed by atoms with Gasteiger partial charge in [0.2, 0.25) is 0 Å². The van der Waals surface area contributed by atoms with Crippen molar-refractivity contribution in [2.45, 2.75) is 18.9 Å². The molecule has 1 aliphatic rings. The highest BCUT2D eigenvalue weighted by Gasteiger charge is 2.31. The fraction of sp³-hybridized carbons (Fsp3) is 0.333. The third-order valence-electron chi connectivity index (χ3n) is 3.66. The maximum absolute atomic E-state index is 12.2. The molecule has 0 spiro atoms. The predicted molar refractivity (Wildman–Crippen MR) is 81.6 cm³/mol. The highest BCUT2D eigenvalue weighted by atomic mass is 35.5. The van der Waals surface area contributed by atoms with Gasteiger partial charge in [-0.05, 0) is 43.0 Å². The summed E-state index contributed by atoms with van der Waals surface area (Å²) in [6.07, 6.45) is 4.02. The number of hydrogen-bond acceptors (Lipinski definition) is 3. The molecule has 1 heterocycles. The Labute approximate surface area is 128 Å². The zero-order valence-corrected chi connectivity index (χ0v) is 12.3. The molecule has 1 aliphatic carbocycles. The van der Waals surface area contributed by atoms with Crippen LogP contribution in [0.25, 0.3) is 5.69 Å². The third-order valence-corrected chi connectivity index (χ3v) is 3.89. The zero-order chi connectivity index (χ0) is 14.8. The first-order valence-corrected chi connectivity index (χ1v) is 7.37. The van der Waals surface area contributed by atoms with Gasteiger partial charge in [-0.2, -0.15) is 5.10 Å². The van der Waals surface area contributed by atoms with Gasteiger partial charge in [0.1, 0.15) is 0 Å². The van der Waals surface area contributed by atoms with Crippen LogP contribution in [0.5, 0.6) is 0 Å². The molecule has 1 unspecified atom stereocenters. The lowest BCUT2D eigenvalue weighted by atomic mass is 10.2. The molecule has 1 fully saturated rings. The SMILES string of the molecule is NCC(NC(=O)c1ccn(-c2cccc(Cl)c2)n1)C1CC1. The number of halogens is 1. The molecule has 110 valence electrons. The van der Waals surface area contributed by atoms with Crippen molar-refractivity contribution >= 4 is 17.5 Å². The number of carbonyl (C=O) groups is 1. The average molecular weight is 305 g/mol. The lowest BCUT2D eigenvalue weighted by Crippen LogP contribution is -2.41. The molecular weight excluding hydrogens is 288 g/mol. The highest BCUT2D eigenvalue weighted by molar-refractivity contribution is 6.30. The maximum atomic E-state index is 12.2. The van der Waals surface area contributed by atoms with E-state index in [0.717, 1.165) is 18.5 Å². The minimum absolute atomic E-state index is 0.0498. The van der Waals surface area contributed by atoms with Crippen LogP contribution in [0.15, 0.2) is 36.5 Å². The fourth-order valence-electron chi connectivity index (χ4n) is 2.32. The van der Waals surface area contributed by atoms with E-state index in [1.807, 2.05) is 12.1 Å². The number of nitrogens with two attached hydrogens (primary N) is 1. The molecule has 1 aromatic carbocycles. The highest BCUT2D eigenvalue weighted by Crippen LogP contribution is 2.32. The molecule has 1 amide bonds. The molecule has 1 atom stereocenters. The van der Waals surface area contributed by atoms with E-state index in [4.69, 9.17) is 17.3 Å². The topological polar surface area (TPSA) is 72.9 Å². The van der Waals surface area contributed by atoms with Crippen molar-refractivity contribution in [2.75, 3.05) is 6.54 Å². The largest absolute Gasteiger partial charge is 0.346 e. The van der Waals surface area contributed by atoms with Crippen LogP contribution in [-0.2, 0) is 0 Å². The van der Waals surface area contributed by atoms with E-state index >= 15 is 0 Å². The van der Waals surface area contributed by atoms with E-state index in [1.54, 1.807) is 29.1 Å². The second-order valence-electron chi connectivity index (χ2n) is 5.28. The summed E-state index contributed by atoms with van der Waals surface area (Å²) in [5, 5.41) is 7.88. The summed E-state index contributed by atoms with van der Waals surface area (Å²) >= 11 is 5.96. The maximum Gasteiger partial charge on any atom is 0.272 e. The number of hydrogen-bond donors (Lipinski definition) is 2. The summed E-state index contributed by atoms with van der Waals surface area (Å²) in [6, 6.07) is 9.06. The molecular formula is C15H17ClN4O. The van der Waals surface area contributed by atoms with Crippen LogP contribution in [-0.4, -0.2) is 28.3 Å². The Hall–Kier alpha value is -1.85. The van der Waals surface area contributed by atoms with E-state index in [-0.39, 0.29) is 11.9 Å². The molecule has 0 aliphatic heterocycles. The Morgan fingerprint density at radius 2 is 2.29 bits per heavy atom. The van der Waals surface area contributed by atoms with Gasteiger partial charge in [-0.15, -0.1) is 0 Å². The third kappa shape index (κ3) is 3.25. The summed E-state index contributed by atoms with van der Waals surface area (Å²) in [6.45, 7) is 0.464. The van der Waals surface area contributed by atoms with Gasteiger partial charge in [-0.3, -0.25) is 4.79 Å². The van der Waals surface area contributed by atoms with Crippen LogP contribution >= 0.6 is 11.6 Å². The van der Waals surface area contributed by atoms with Gasteiger partial charge in [0, 0.05) is 23.8 Å². The van der Waals surface area contributed by atoms with E-state index in [9.17, 15) is 4.79 Å². The number of carbonyl (C=O) groups excluding carboxylic acids is 1. The summed E-state index contributed by atoms with van der Waals surface area (Å²) in [4.78, 5) is 12.2. The standard InChI is InChI=1S/C15H17ClN4O/c16-11-2-1-3-12(8-11)20-7-6-13(19-20)15(21)18-14(9-17)10-4-5-10/h1-3,6-8,10,14H,4-5,9,17H2,(H,18,21). The molecule has 1 saturated carbocycles. The van der Waals surface area contributed by atoms with E-state index in [2.05, 4.69) is 10.4 Å². The summed E-state index contributed by atoms with van der Waals surface area (Å²) in [5.41, 5.74) is 6.90. The molecule has 1 aromatic heterocycles. The Morgan fingerprint density at radius 3 is 2.95 bits per heavy atom. The molecule has 0 saturated heterocycles. The van der Waals surface area contributed by atoms with Crippen LogP contribution in [0.1, 0.15) is 23.3 Å². The van der Waals surface area contributed by atoms with E-state index in [1.165, 1.54) is 0 Å². The number of benzene rings is 1. The second-order valence-corrected chi connectivity index (χ2v) is 5.71. The smallest absolute Gasteiger partial charge is 0.272 e. The van der Waals surface area contributed by atoms with Gasteiger partial charge in [0.15, 0.2) is 5.69 Å². The fourth-order valence-corrected chi connectivity index (χ4v) is 2.50. The number of rotatable bonds is 5. The Morgan fingerprint density at radius 1 is 1.48 bits per heavy atom. The van der Waals surface area contributed by atoms with Crippen molar-refractivity contribution in [2.24, 2.45) is 11.7 Å². The first-order valence-electron chi connectivity index (χ1n) is 7.00. The zero-order valence-electron chi connectivity index (χ0n) is 11.5. The van der Waals surface area contributed by atoms with E-state index in [0.29, 0.717) is 23.2 Å². The van der Waals surface area contributed by atoms with Crippen molar-refractivity contribution in [3.63, 3.8) is 0 Å². The molecule has 2 aromatic rings. The average Bonchev–Trinajstić information content (AvgIpc) is 3.20. The number of nitrogens with one attached hydrogen (secondary N) is 1. The normalized spacial score (nSPS) is 15.7. The number of nitrogens with zero attached hydrogens (tertiary/aromatic N) is 2. The number of aromatic nitrogens is 2. The summed E-state index contributed by atoms with van der Waals surface area (Å²) < 4.78 is 1.63. The Bertz CT molecular complexity index is 651. The minimum atomic E-state index is -0.182. The molecule has 0 bridgehead atoms. The molecule has 6 heteroatoms. The Balaban J connectivity index is 1.73. The van der Waals surface area contributed by atoms with Crippen molar-refractivity contribution in [1.29, 1.82) is 0 Å². The first kappa shape index (κ1) is 14.1. The quantitative estimate of drug-likeness (QED) is 0.887. The van der Waals surface area contributed by atoms with Gasteiger partial charge in [0.05, 0.1) is 5.69 Å². The first-order chi connectivity index (χ1) is 10.2. The van der Waals surface area contributed by atoms with Crippen LogP contribution < -0.4 is 11.1 Å². The van der Waals surface area contributed by atoms with Crippen molar-refractivity contribution < 1.29 is 4.79 Å². The Kier molecular flexibility index (Phi) is 3.94. The molecule has 3 N–H and O–H groups in total. The molecule has 3 rings (SSSR count). The molecule has 5 nitrogen and oxygen atoms in total. The van der Waals surface area contributed by atoms with Gasteiger partial charge in [-0.1, -0.05) is 17.7 Å². The molecule has 0 radical (unpaired) electrons. The van der Waals surface area contributed by atoms with Crippen molar-refractivity contribution in [1.82, 2.24) is 15.1 Å². The second kappa shape index (κ2) is 5.87. The van der Waals surface area contributed by atoms with Gasteiger partial charge in [0.25, 0.3) is 5.91 Å². The van der Waals surface area contributed by atoms with E-state index < -0.39 is 0 Å². The van der Waals surface area contributed by atoms with Crippen LogP contribution in [0.3, 0.4) is 0 Å². The monoisotopic (exact) mass is 304 g/mol. The number of amides is 1. The summed E-state index contributed by atoms with van der Waals surface area (Å²) in [7, 11) is 0. The van der Waals surface area contributed by atoms with Gasteiger partial charge in [-0.25, -0.2) is 4.68 Å². The predicted octanol–water partition coefficient (Wildman–Crippen LogP) is 1.99. The lowest BCUT2D eigenvalue weighted by molar-refractivity contribution is 0.0928. The van der Waals surface area contributed by atoms with Crippen LogP contribution in [0, 0.1) is 5.92 Å². The van der Waals surface area contributed by atoms with Crippen molar-refractivity contribution in [3.8, 4) is 5.69 Å². The van der Waals surface area contributed by atoms with Crippen molar-refractivity contribution in [3.05, 3.63) is 47.2 Å². The van der Waals surface area contributed by atoms with Gasteiger partial charge >= 0.3 is 0 Å². The van der Waals surface area contributed by atoms with Crippen LogP contribution in [0.4, 0.5) is 0 Å². The van der Waals surface area contributed by atoms with Gasteiger partial charge < -0.3 is 11.1 Å².